The second kappa shape index (κ2) is 8.70. The number of para-hydroxylation sites is 1. The minimum absolute atomic E-state index is 0.259. The van der Waals surface area contributed by atoms with Crippen LogP contribution in [0.25, 0.3) is 22.3 Å². The molecule has 3 heterocycles. The third kappa shape index (κ3) is 4.12. The van der Waals surface area contributed by atoms with Crippen LogP contribution in [0.3, 0.4) is 0 Å². The van der Waals surface area contributed by atoms with Crippen molar-refractivity contribution in [3.8, 4) is 11.4 Å². The van der Waals surface area contributed by atoms with E-state index in [0.29, 0.717) is 42.9 Å². The number of rotatable bonds is 4. The van der Waals surface area contributed by atoms with E-state index in [1.54, 1.807) is 35.4 Å². The lowest BCUT2D eigenvalue weighted by molar-refractivity contribution is -0.132. The predicted molar refractivity (Wildman–Crippen MR) is 125 cm³/mol. The van der Waals surface area contributed by atoms with E-state index in [9.17, 15) is 14.4 Å². The van der Waals surface area contributed by atoms with Gasteiger partial charge >= 0.3 is 5.69 Å². The fourth-order valence-electron chi connectivity index (χ4n) is 4.01. The lowest BCUT2D eigenvalue weighted by Crippen LogP contribution is -2.51. The molecule has 1 amide bonds. The Kier molecular flexibility index (Phi) is 5.43. The minimum Gasteiger partial charge on any atom is -0.353 e. The number of benzene rings is 2. The minimum atomic E-state index is -0.583. The molecule has 1 aliphatic rings. The largest absolute Gasteiger partial charge is 0.353 e. The van der Waals surface area contributed by atoms with Crippen LogP contribution in [0.4, 0.5) is 5.82 Å². The van der Waals surface area contributed by atoms with Crippen molar-refractivity contribution in [2.75, 3.05) is 31.1 Å². The molecule has 2 aromatic carbocycles. The zero-order valence-electron chi connectivity index (χ0n) is 17.8. The number of hydrogen-bond acceptors (Lipinski definition) is 6. The van der Waals surface area contributed by atoms with E-state index in [1.807, 2.05) is 36.4 Å². The van der Waals surface area contributed by atoms with Gasteiger partial charge in [0.1, 0.15) is 12.4 Å². The first-order valence-corrected chi connectivity index (χ1v) is 10.7. The Morgan fingerprint density at radius 2 is 1.64 bits per heavy atom. The van der Waals surface area contributed by atoms with Crippen LogP contribution in [-0.4, -0.2) is 56.5 Å². The number of anilines is 1. The SMILES string of the molecule is O=C(Cn1c(=O)[nH]c2ccccc2c1=O)N1CCN(c2ccnc(-c3ccccc3)n2)CC1. The van der Waals surface area contributed by atoms with Crippen molar-refractivity contribution >= 4 is 22.6 Å². The van der Waals surface area contributed by atoms with E-state index in [-0.39, 0.29) is 12.5 Å². The van der Waals surface area contributed by atoms with Crippen LogP contribution in [0.5, 0.6) is 0 Å². The molecule has 0 radical (unpaired) electrons. The highest BCUT2D eigenvalue weighted by Crippen LogP contribution is 2.19. The van der Waals surface area contributed by atoms with E-state index in [4.69, 9.17) is 0 Å². The number of aromatic nitrogens is 4. The Balaban J connectivity index is 1.28. The quantitative estimate of drug-likeness (QED) is 0.514. The monoisotopic (exact) mass is 442 g/mol. The molecule has 2 aromatic heterocycles. The lowest BCUT2D eigenvalue weighted by Gasteiger charge is -2.35. The van der Waals surface area contributed by atoms with Crippen LogP contribution >= 0.6 is 0 Å². The van der Waals surface area contributed by atoms with Crippen molar-refractivity contribution in [2.45, 2.75) is 6.54 Å². The second-order valence-corrected chi connectivity index (χ2v) is 7.84. The third-order valence-corrected chi connectivity index (χ3v) is 5.81. The first-order chi connectivity index (χ1) is 16.1. The maximum atomic E-state index is 12.9. The number of amides is 1. The second-order valence-electron chi connectivity index (χ2n) is 7.84. The van der Waals surface area contributed by atoms with Gasteiger partial charge in [-0.3, -0.25) is 14.2 Å². The molecule has 1 fully saturated rings. The Bertz CT molecular complexity index is 1420. The van der Waals surface area contributed by atoms with Crippen molar-refractivity contribution in [2.24, 2.45) is 0 Å². The Morgan fingerprint density at radius 3 is 2.42 bits per heavy atom. The van der Waals surface area contributed by atoms with Crippen LogP contribution in [-0.2, 0) is 11.3 Å². The van der Waals surface area contributed by atoms with Gasteiger partial charge in [-0.1, -0.05) is 42.5 Å². The summed E-state index contributed by atoms with van der Waals surface area (Å²) in [5, 5.41) is 0.382. The van der Waals surface area contributed by atoms with Crippen LogP contribution in [0.2, 0.25) is 0 Å². The molecule has 5 rings (SSSR count). The van der Waals surface area contributed by atoms with Crippen molar-refractivity contribution in [1.29, 1.82) is 0 Å². The normalized spacial score (nSPS) is 13.9. The molecule has 0 spiro atoms. The first-order valence-electron chi connectivity index (χ1n) is 10.7. The molecule has 0 atom stereocenters. The highest BCUT2D eigenvalue weighted by molar-refractivity contribution is 5.79. The van der Waals surface area contributed by atoms with E-state index in [1.165, 1.54) is 0 Å². The standard InChI is InChI=1S/C24H22N6O3/c31-21(16-30-23(32)18-8-4-5-9-19(18)26-24(30)33)29-14-12-28(13-15-29)20-10-11-25-22(27-20)17-6-2-1-3-7-17/h1-11H,12-16H2,(H,26,33). The third-order valence-electron chi connectivity index (χ3n) is 5.81. The first kappa shape index (κ1) is 20.6. The zero-order chi connectivity index (χ0) is 22.8. The van der Waals surface area contributed by atoms with Crippen molar-refractivity contribution in [1.82, 2.24) is 24.4 Å². The predicted octanol–water partition coefficient (Wildman–Crippen LogP) is 1.50. The summed E-state index contributed by atoms with van der Waals surface area (Å²) < 4.78 is 0.966. The fourth-order valence-corrected chi connectivity index (χ4v) is 4.01. The van der Waals surface area contributed by atoms with Gasteiger partial charge in [0.2, 0.25) is 5.91 Å². The summed E-state index contributed by atoms with van der Waals surface area (Å²) in [6.45, 7) is 1.86. The van der Waals surface area contributed by atoms with Gasteiger partial charge in [-0.05, 0) is 18.2 Å². The van der Waals surface area contributed by atoms with Crippen molar-refractivity contribution in [3.63, 3.8) is 0 Å². The highest BCUT2D eigenvalue weighted by Gasteiger charge is 2.23. The molecule has 1 saturated heterocycles. The smallest absolute Gasteiger partial charge is 0.329 e. The Hall–Kier alpha value is -4.27. The molecule has 1 aliphatic heterocycles. The molecule has 166 valence electrons. The number of carbonyl (C=O) groups is 1. The summed E-state index contributed by atoms with van der Waals surface area (Å²) in [6.07, 6.45) is 1.74. The molecule has 1 N–H and O–H groups in total. The summed E-state index contributed by atoms with van der Waals surface area (Å²) in [4.78, 5) is 53.4. The van der Waals surface area contributed by atoms with Crippen molar-refractivity contribution < 1.29 is 4.79 Å². The van der Waals surface area contributed by atoms with Gasteiger partial charge in [-0.2, -0.15) is 0 Å². The molecule has 0 bridgehead atoms. The molecular formula is C24H22N6O3. The summed E-state index contributed by atoms with van der Waals surface area (Å²) in [5.74, 6) is 1.20. The van der Waals surface area contributed by atoms with Crippen molar-refractivity contribution in [3.05, 3.63) is 87.7 Å². The average molecular weight is 442 g/mol. The summed E-state index contributed by atoms with van der Waals surface area (Å²) >= 11 is 0. The number of nitrogens with one attached hydrogen (secondary N) is 1. The van der Waals surface area contributed by atoms with Crippen LogP contribution in [0.15, 0.2) is 76.4 Å². The van der Waals surface area contributed by atoms with E-state index in [2.05, 4.69) is 19.9 Å². The van der Waals surface area contributed by atoms with Gasteiger partial charge in [0.05, 0.1) is 10.9 Å². The maximum Gasteiger partial charge on any atom is 0.329 e. The van der Waals surface area contributed by atoms with Crippen LogP contribution < -0.4 is 16.1 Å². The Labute approximate surface area is 189 Å². The lowest BCUT2D eigenvalue weighted by atomic mass is 10.2. The van der Waals surface area contributed by atoms with Gasteiger partial charge in [0.15, 0.2) is 5.82 Å². The zero-order valence-corrected chi connectivity index (χ0v) is 17.8. The average Bonchev–Trinajstić information content (AvgIpc) is 2.87. The molecule has 0 saturated carbocycles. The van der Waals surface area contributed by atoms with Gasteiger partial charge < -0.3 is 14.8 Å². The number of aromatic amines is 1. The summed E-state index contributed by atoms with van der Waals surface area (Å²) in [7, 11) is 0. The van der Waals surface area contributed by atoms with Gasteiger partial charge in [0.25, 0.3) is 5.56 Å². The number of H-pyrrole nitrogens is 1. The molecule has 4 aromatic rings. The van der Waals surface area contributed by atoms with Crippen LogP contribution in [0.1, 0.15) is 0 Å². The fraction of sp³-hybridized carbons (Fsp3) is 0.208. The summed E-state index contributed by atoms with van der Waals surface area (Å²) in [6, 6.07) is 18.4. The topological polar surface area (TPSA) is 104 Å². The molecule has 0 unspecified atom stereocenters. The number of carbonyl (C=O) groups excluding carboxylic acids is 1. The van der Waals surface area contributed by atoms with E-state index < -0.39 is 11.2 Å². The molecule has 33 heavy (non-hydrogen) atoms. The Morgan fingerprint density at radius 1 is 0.909 bits per heavy atom. The molecule has 9 heteroatoms. The number of fused-ring (bicyclic) bond motifs is 1. The molecule has 0 aliphatic carbocycles. The van der Waals surface area contributed by atoms with Crippen LogP contribution in [0, 0.1) is 0 Å². The van der Waals surface area contributed by atoms with E-state index in [0.717, 1.165) is 15.9 Å². The molecule has 9 nitrogen and oxygen atoms in total. The van der Waals surface area contributed by atoms with Gasteiger partial charge in [-0.25, -0.2) is 14.8 Å². The number of hydrogen-bond donors (Lipinski definition) is 1. The van der Waals surface area contributed by atoms with Gasteiger partial charge in [0, 0.05) is 37.9 Å². The number of piperazine rings is 1. The number of nitrogens with zero attached hydrogens (tertiary/aromatic N) is 5. The maximum absolute atomic E-state index is 12.9. The summed E-state index contributed by atoms with van der Waals surface area (Å²) in [5.41, 5.74) is 0.361. The molecular weight excluding hydrogens is 420 g/mol. The van der Waals surface area contributed by atoms with E-state index >= 15 is 0 Å². The highest BCUT2D eigenvalue weighted by atomic mass is 16.2. The van der Waals surface area contributed by atoms with Gasteiger partial charge in [-0.15, -0.1) is 0 Å².